The zero-order chi connectivity index (χ0) is 18.6. The molecular formula is C23H25N3O. The second kappa shape index (κ2) is 7.80. The molecule has 1 fully saturated rings. The highest BCUT2D eigenvalue weighted by molar-refractivity contribution is 6.03. The molecule has 27 heavy (non-hydrogen) atoms. The Morgan fingerprint density at radius 3 is 2.30 bits per heavy atom. The van der Waals surface area contributed by atoms with Gasteiger partial charge in [0.15, 0.2) is 0 Å². The van der Waals surface area contributed by atoms with E-state index in [-0.39, 0.29) is 11.9 Å². The van der Waals surface area contributed by atoms with Gasteiger partial charge >= 0.3 is 0 Å². The van der Waals surface area contributed by atoms with Crippen molar-refractivity contribution in [3.8, 4) is 0 Å². The quantitative estimate of drug-likeness (QED) is 0.765. The van der Waals surface area contributed by atoms with E-state index in [2.05, 4.69) is 51.5 Å². The topological polar surface area (TPSA) is 35.6 Å². The second-order valence-electron chi connectivity index (χ2n) is 7.05. The summed E-state index contributed by atoms with van der Waals surface area (Å²) in [5.74, 6) is 0.0551. The Kier molecular flexibility index (Phi) is 5.07. The van der Waals surface area contributed by atoms with Gasteiger partial charge in [0.1, 0.15) is 0 Å². The van der Waals surface area contributed by atoms with Crippen LogP contribution >= 0.6 is 0 Å². The number of carbonyl (C=O) groups excluding carboxylic acids is 1. The van der Waals surface area contributed by atoms with Crippen molar-refractivity contribution in [2.24, 2.45) is 0 Å². The van der Waals surface area contributed by atoms with E-state index in [1.807, 2.05) is 43.3 Å². The maximum absolute atomic E-state index is 12.8. The fourth-order valence-corrected chi connectivity index (χ4v) is 3.74. The first-order chi connectivity index (χ1) is 13.2. The van der Waals surface area contributed by atoms with Crippen LogP contribution in [-0.2, 0) is 4.79 Å². The van der Waals surface area contributed by atoms with Crippen LogP contribution in [0.1, 0.15) is 6.92 Å². The molecule has 3 aromatic rings. The molecule has 138 valence electrons. The SMILES string of the molecule is CC(C(=O)Nc1cccc2ccccc12)N1CCN(c2ccccc2)CC1. The minimum Gasteiger partial charge on any atom is -0.369 e. The van der Waals surface area contributed by atoms with Crippen molar-refractivity contribution in [3.05, 3.63) is 72.8 Å². The maximum Gasteiger partial charge on any atom is 0.241 e. The van der Waals surface area contributed by atoms with Crippen molar-refractivity contribution in [1.82, 2.24) is 4.90 Å². The third-order valence-corrected chi connectivity index (χ3v) is 5.41. The van der Waals surface area contributed by atoms with E-state index in [9.17, 15) is 4.79 Å². The molecule has 4 nitrogen and oxygen atoms in total. The standard InChI is InChI=1S/C23H25N3O/c1-18(25-14-16-26(17-15-25)20-10-3-2-4-11-20)23(27)24-22-13-7-9-19-8-5-6-12-21(19)22/h2-13,18H,14-17H2,1H3,(H,24,27). The Bertz CT molecular complexity index is 912. The first-order valence-electron chi connectivity index (χ1n) is 9.55. The number of anilines is 2. The van der Waals surface area contributed by atoms with E-state index >= 15 is 0 Å². The molecule has 4 heteroatoms. The molecule has 0 radical (unpaired) electrons. The number of amides is 1. The first-order valence-corrected chi connectivity index (χ1v) is 9.55. The molecule has 1 saturated heterocycles. The molecular weight excluding hydrogens is 334 g/mol. The summed E-state index contributed by atoms with van der Waals surface area (Å²) in [6.45, 7) is 5.66. The Balaban J connectivity index is 1.40. The number of hydrogen-bond acceptors (Lipinski definition) is 3. The van der Waals surface area contributed by atoms with Crippen LogP contribution < -0.4 is 10.2 Å². The zero-order valence-electron chi connectivity index (χ0n) is 15.6. The predicted octanol–water partition coefficient (Wildman–Crippen LogP) is 3.99. The fraction of sp³-hybridized carbons (Fsp3) is 0.261. The summed E-state index contributed by atoms with van der Waals surface area (Å²) in [6.07, 6.45) is 0. The maximum atomic E-state index is 12.8. The average molecular weight is 359 g/mol. The van der Waals surface area contributed by atoms with Gasteiger partial charge in [0.05, 0.1) is 6.04 Å². The van der Waals surface area contributed by atoms with Gasteiger partial charge in [-0.25, -0.2) is 0 Å². The highest BCUT2D eigenvalue weighted by Gasteiger charge is 2.25. The van der Waals surface area contributed by atoms with Crippen molar-refractivity contribution in [2.45, 2.75) is 13.0 Å². The summed E-state index contributed by atoms with van der Waals surface area (Å²) in [7, 11) is 0. The van der Waals surface area contributed by atoms with Gasteiger partial charge in [0.25, 0.3) is 0 Å². The number of para-hydroxylation sites is 1. The van der Waals surface area contributed by atoms with E-state index in [1.165, 1.54) is 5.69 Å². The third kappa shape index (κ3) is 3.81. The molecule has 0 saturated carbocycles. The van der Waals surface area contributed by atoms with E-state index in [1.54, 1.807) is 0 Å². The number of hydrogen-bond donors (Lipinski definition) is 1. The molecule has 1 aliphatic heterocycles. The lowest BCUT2D eigenvalue weighted by atomic mass is 10.1. The molecule has 1 atom stereocenters. The van der Waals surface area contributed by atoms with Gasteiger partial charge in [-0.05, 0) is 30.5 Å². The van der Waals surface area contributed by atoms with Crippen molar-refractivity contribution >= 4 is 28.1 Å². The second-order valence-corrected chi connectivity index (χ2v) is 7.05. The van der Waals surface area contributed by atoms with Gasteiger partial charge < -0.3 is 10.2 Å². The van der Waals surface area contributed by atoms with E-state index < -0.39 is 0 Å². The highest BCUT2D eigenvalue weighted by atomic mass is 16.2. The van der Waals surface area contributed by atoms with Crippen LogP contribution in [0.3, 0.4) is 0 Å². The van der Waals surface area contributed by atoms with Crippen molar-refractivity contribution in [2.75, 3.05) is 36.4 Å². The molecule has 0 bridgehead atoms. The molecule has 1 unspecified atom stereocenters. The first kappa shape index (κ1) is 17.6. The molecule has 0 aromatic heterocycles. The van der Waals surface area contributed by atoms with Crippen LogP contribution in [0.15, 0.2) is 72.8 Å². The normalized spacial score (nSPS) is 16.3. The summed E-state index contributed by atoms with van der Waals surface area (Å²) in [4.78, 5) is 17.5. The number of nitrogens with zero attached hydrogens (tertiary/aromatic N) is 2. The van der Waals surface area contributed by atoms with Crippen molar-refractivity contribution in [1.29, 1.82) is 0 Å². The predicted molar refractivity (Wildman–Crippen MR) is 112 cm³/mol. The minimum absolute atomic E-state index is 0.0551. The van der Waals surface area contributed by atoms with E-state index in [0.717, 1.165) is 42.6 Å². The summed E-state index contributed by atoms with van der Waals surface area (Å²) in [5.41, 5.74) is 2.14. The lowest BCUT2D eigenvalue weighted by Gasteiger charge is -2.38. The summed E-state index contributed by atoms with van der Waals surface area (Å²) in [6, 6.07) is 24.5. The molecule has 1 heterocycles. The number of piperazine rings is 1. The van der Waals surface area contributed by atoms with Crippen LogP contribution in [0.25, 0.3) is 10.8 Å². The Labute approximate surface area is 160 Å². The molecule has 4 rings (SSSR count). The van der Waals surface area contributed by atoms with Crippen LogP contribution in [0.2, 0.25) is 0 Å². The molecule has 1 amide bonds. The van der Waals surface area contributed by atoms with Gasteiger partial charge in [-0.15, -0.1) is 0 Å². The van der Waals surface area contributed by atoms with Crippen LogP contribution in [0.4, 0.5) is 11.4 Å². The van der Waals surface area contributed by atoms with Gasteiger partial charge in [-0.2, -0.15) is 0 Å². The Morgan fingerprint density at radius 1 is 0.852 bits per heavy atom. The lowest BCUT2D eigenvalue weighted by Crippen LogP contribution is -2.52. The summed E-state index contributed by atoms with van der Waals surface area (Å²) < 4.78 is 0. The number of benzene rings is 3. The Morgan fingerprint density at radius 2 is 1.52 bits per heavy atom. The third-order valence-electron chi connectivity index (χ3n) is 5.41. The largest absolute Gasteiger partial charge is 0.369 e. The van der Waals surface area contributed by atoms with E-state index in [0.29, 0.717) is 0 Å². The molecule has 1 aliphatic rings. The van der Waals surface area contributed by atoms with Gasteiger partial charge in [-0.3, -0.25) is 9.69 Å². The molecule has 1 N–H and O–H groups in total. The average Bonchev–Trinajstić information content (AvgIpc) is 2.74. The lowest BCUT2D eigenvalue weighted by molar-refractivity contribution is -0.120. The van der Waals surface area contributed by atoms with Crippen molar-refractivity contribution in [3.63, 3.8) is 0 Å². The number of fused-ring (bicyclic) bond motifs is 1. The van der Waals surface area contributed by atoms with Crippen molar-refractivity contribution < 1.29 is 4.79 Å². The Hall–Kier alpha value is -2.85. The van der Waals surface area contributed by atoms with Gasteiger partial charge in [-0.1, -0.05) is 54.6 Å². The molecule has 3 aromatic carbocycles. The number of rotatable bonds is 4. The van der Waals surface area contributed by atoms with Crippen LogP contribution in [0.5, 0.6) is 0 Å². The van der Waals surface area contributed by atoms with E-state index in [4.69, 9.17) is 0 Å². The fourth-order valence-electron chi connectivity index (χ4n) is 3.74. The molecule has 0 aliphatic carbocycles. The smallest absolute Gasteiger partial charge is 0.241 e. The monoisotopic (exact) mass is 359 g/mol. The van der Waals surface area contributed by atoms with Crippen LogP contribution in [0, 0.1) is 0 Å². The zero-order valence-corrected chi connectivity index (χ0v) is 15.6. The van der Waals surface area contributed by atoms with Crippen LogP contribution in [-0.4, -0.2) is 43.0 Å². The molecule has 0 spiro atoms. The summed E-state index contributed by atoms with van der Waals surface area (Å²) in [5, 5.41) is 5.35. The summed E-state index contributed by atoms with van der Waals surface area (Å²) >= 11 is 0. The number of carbonyl (C=O) groups is 1. The minimum atomic E-state index is -0.151. The van der Waals surface area contributed by atoms with Gasteiger partial charge in [0, 0.05) is 42.9 Å². The highest BCUT2D eigenvalue weighted by Crippen LogP contribution is 2.23. The van der Waals surface area contributed by atoms with Gasteiger partial charge in [0.2, 0.25) is 5.91 Å². The number of nitrogens with one attached hydrogen (secondary N) is 1.